The molecule has 0 bridgehead atoms. The fourth-order valence-electron chi connectivity index (χ4n) is 4.79. The number of H-pyrrole nitrogens is 1. The van der Waals surface area contributed by atoms with E-state index in [1.54, 1.807) is 0 Å². The number of benzene rings is 1. The minimum atomic E-state index is -0.0698. The Bertz CT molecular complexity index is 751. The molecule has 24 heavy (non-hydrogen) atoms. The second-order valence-electron chi connectivity index (χ2n) is 7.27. The summed E-state index contributed by atoms with van der Waals surface area (Å²) in [5.74, 6) is 0.937. The second-order valence-corrected chi connectivity index (χ2v) is 7.27. The molecule has 3 heterocycles. The standard InChI is InChI=1S/C20H26N2O2/c1-3-13-12-22-9-8-16-15-6-4-5-7-17(15)21-20(16)18(22)10-14(13)11-19(23)24-2/h4-7,13-14,18,21H,3,8-12H2,1-2H3/t13-,14+,18-/m0/s1. The van der Waals surface area contributed by atoms with Gasteiger partial charge in [0.1, 0.15) is 0 Å². The predicted molar refractivity (Wildman–Crippen MR) is 94.8 cm³/mol. The Morgan fingerprint density at radius 1 is 1.33 bits per heavy atom. The van der Waals surface area contributed by atoms with E-state index in [4.69, 9.17) is 4.74 Å². The van der Waals surface area contributed by atoms with E-state index < -0.39 is 0 Å². The molecule has 1 aromatic carbocycles. The van der Waals surface area contributed by atoms with Crippen molar-refractivity contribution in [2.75, 3.05) is 20.2 Å². The quantitative estimate of drug-likeness (QED) is 0.875. The average molecular weight is 326 g/mol. The molecule has 0 spiro atoms. The molecule has 1 saturated heterocycles. The van der Waals surface area contributed by atoms with Crippen molar-refractivity contribution in [2.24, 2.45) is 11.8 Å². The molecule has 4 rings (SSSR count). The molecule has 0 aliphatic carbocycles. The summed E-state index contributed by atoms with van der Waals surface area (Å²) in [6.45, 7) is 4.46. The molecule has 2 aliphatic rings. The lowest BCUT2D eigenvalue weighted by Crippen LogP contribution is -2.46. The van der Waals surface area contributed by atoms with Crippen LogP contribution in [-0.4, -0.2) is 36.1 Å². The third-order valence-electron chi connectivity index (χ3n) is 6.11. The van der Waals surface area contributed by atoms with Crippen molar-refractivity contribution in [3.63, 3.8) is 0 Å². The second kappa shape index (κ2) is 6.25. The summed E-state index contributed by atoms with van der Waals surface area (Å²) < 4.78 is 4.94. The highest BCUT2D eigenvalue weighted by Gasteiger charge is 2.40. The van der Waals surface area contributed by atoms with Crippen molar-refractivity contribution in [3.05, 3.63) is 35.5 Å². The maximum atomic E-state index is 11.8. The van der Waals surface area contributed by atoms with Gasteiger partial charge in [0, 0.05) is 36.1 Å². The Morgan fingerprint density at radius 2 is 2.17 bits per heavy atom. The molecule has 1 aromatic heterocycles. The smallest absolute Gasteiger partial charge is 0.305 e. The number of ether oxygens (including phenoxy) is 1. The number of aromatic amines is 1. The van der Waals surface area contributed by atoms with Gasteiger partial charge < -0.3 is 9.72 Å². The molecule has 0 unspecified atom stereocenters. The van der Waals surface area contributed by atoms with Crippen LogP contribution >= 0.6 is 0 Å². The number of carbonyl (C=O) groups is 1. The summed E-state index contributed by atoms with van der Waals surface area (Å²) in [5.41, 5.74) is 4.11. The lowest BCUT2D eigenvalue weighted by molar-refractivity contribution is -0.143. The van der Waals surface area contributed by atoms with E-state index in [9.17, 15) is 4.79 Å². The van der Waals surface area contributed by atoms with E-state index in [1.807, 2.05) is 0 Å². The molecular weight excluding hydrogens is 300 g/mol. The van der Waals surface area contributed by atoms with E-state index >= 15 is 0 Å². The van der Waals surface area contributed by atoms with E-state index in [0.29, 0.717) is 24.3 Å². The Balaban J connectivity index is 1.67. The van der Waals surface area contributed by atoms with Crippen LogP contribution in [0.4, 0.5) is 0 Å². The number of esters is 1. The Labute approximate surface area is 143 Å². The first-order valence-corrected chi connectivity index (χ1v) is 9.11. The van der Waals surface area contributed by atoms with Gasteiger partial charge in [-0.05, 0) is 36.3 Å². The maximum Gasteiger partial charge on any atom is 0.305 e. The first-order valence-electron chi connectivity index (χ1n) is 9.11. The highest BCUT2D eigenvalue weighted by Crippen LogP contribution is 2.44. The number of carbonyl (C=O) groups excluding carboxylic acids is 1. The summed E-state index contributed by atoms with van der Waals surface area (Å²) in [6.07, 6.45) is 3.85. The number of aromatic nitrogens is 1. The van der Waals surface area contributed by atoms with Crippen molar-refractivity contribution in [1.29, 1.82) is 0 Å². The SMILES string of the molecule is CC[C@H]1CN2CCc3c([nH]c4ccccc34)[C@@H]2C[C@@H]1CC(=O)OC. The third-order valence-corrected chi connectivity index (χ3v) is 6.11. The van der Waals surface area contributed by atoms with E-state index in [1.165, 1.54) is 29.3 Å². The van der Waals surface area contributed by atoms with Gasteiger partial charge in [0.25, 0.3) is 0 Å². The lowest BCUT2D eigenvalue weighted by Gasteiger charge is -2.46. The molecule has 1 fully saturated rings. The molecule has 3 atom stereocenters. The zero-order valence-corrected chi connectivity index (χ0v) is 14.5. The molecule has 0 saturated carbocycles. The molecule has 2 aliphatic heterocycles. The van der Waals surface area contributed by atoms with Gasteiger partial charge >= 0.3 is 5.97 Å². The zero-order valence-electron chi connectivity index (χ0n) is 14.5. The van der Waals surface area contributed by atoms with Crippen molar-refractivity contribution in [2.45, 2.75) is 38.6 Å². The van der Waals surface area contributed by atoms with Crippen LogP contribution in [0, 0.1) is 11.8 Å². The van der Waals surface area contributed by atoms with Crippen LogP contribution in [-0.2, 0) is 16.0 Å². The molecule has 0 amide bonds. The minimum Gasteiger partial charge on any atom is -0.469 e. The maximum absolute atomic E-state index is 11.8. The van der Waals surface area contributed by atoms with Gasteiger partial charge in [-0.15, -0.1) is 0 Å². The number of hydrogen-bond donors (Lipinski definition) is 1. The summed E-state index contributed by atoms with van der Waals surface area (Å²) in [6, 6.07) is 9.02. The Kier molecular flexibility index (Phi) is 4.09. The molecular formula is C20H26N2O2. The van der Waals surface area contributed by atoms with Crippen molar-refractivity contribution in [3.8, 4) is 0 Å². The average Bonchev–Trinajstić information content (AvgIpc) is 3.00. The van der Waals surface area contributed by atoms with Gasteiger partial charge in [0.15, 0.2) is 0 Å². The zero-order chi connectivity index (χ0) is 16.7. The first-order chi connectivity index (χ1) is 11.7. The number of para-hydroxylation sites is 1. The largest absolute Gasteiger partial charge is 0.469 e. The van der Waals surface area contributed by atoms with Crippen molar-refractivity contribution < 1.29 is 9.53 Å². The third kappa shape index (κ3) is 2.53. The molecule has 1 N–H and O–H groups in total. The number of rotatable bonds is 3. The number of nitrogens with zero attached hydrogens (tertiary/aromatic N) is 1. The van der Waals surface area contributed by atoms with Crippen LogP contribution < -0.4 is 0 Å². The highest BCUT2D eigenvalue weighted by atomic mass is 16.5. The number of nitrogens with one attached hydrogen (secondary N) is 1. The van der Waals surface area contributed by atoms with Crippen molar-refractivity contribution >= 4 is 16.9 Å². The predicted octanol–water partition coefficient (Wildman–Crippen LogP) is 3.68. The fraction of sp³-hybridized carbons (Fsp3) is 0.550. The summed E-state index contributed by atoms with van der Waals surface area (Å²) in [5, 5.41) is 1.37. The topological polar surface area (TPSA) is 45.3 Å². The Morgan fingerprint density at radius 3 is 2.96 bits per heavy atom. The van der Waals surface area contributed by atoms with Crippen LogP contribution in [0.2, 0.25) is 0 Å². The van der Waals surface area contributed by atoms with Crippen LogP contribution in [0.1, 0.15) is 43.5 Å². The molecule has 2 aromatic rings. The van der Waals surface area contributed by atoms with Gasteiger partial charge in [0.05, 0.1) is 13.2 Å². The lowest BCUT2D eigenvalue weighted by atomic mass is 9.76. The van der Waals surface area contributed by atoms with Gasteiger partial charge in [-0.1, -0.05) is 31.5 Å². The van der Waals surface area contributed by atoms with E-state index in [0.717, 1.165) is 32.4 Å². The first kappa shape index (κ1) is 15.7. The molecule has 4 nitrogen and oxygen atoms in total. The number of piperidine rings is 1. The highest BCUT2D eigenvalue weighted by molar-refractivity contribution is 5.85. The molecule has 4 heteroatoms. The van der Waals surface area contributed by atoms with Gasteiger partial charge in [-0.25, -0.2) is 0 Å². The summed E-state index contributed by atoms with van der Waals surface area (Å²) in [4.78, 5) is 18.1. The van der Waals surface area contributed by atoms with Gasteiger partial charge in [0.2, 0.25) is 0 Å². The van der Waals surface area contributed by atoms with Gasteiger partial charge in [-0.3, -0.25) is 9.69 Å². The Hall–Kier alpha value is -1.81. The van der Waals surface area contributed by atoms with Crippen LogP contribution in [0.15, 0.2) is 24.3 Å². The number of methoxy groups -OCH3 is 1. The van der Waals surface area contributed by atoms with Crippen molar-refractivity contribution in [1.82, 2.24) is 9.88 Å². The minimum absolute atomic E-state index is 0.0698. The summed E-state index contributed by atoms with van der Waals surface area (Å²) in [7, 11) is 1.49. The van der Waals surface area contributed by atoms with Gasteiger partial charge in [-0.2, -0.15) is 0 Å². The normalized spacial score (nSPS) is 26.8. The van der Waals surface area contributed by atoms with E-state index in [2.05, 4.69) is 41.1 Å². The van der Waals surface area contributed by atoms with Crippen LogP contribution in [0.3, 0.4) is 0 Å². The molecule has 128 valence electrons. The number of fused-ring (bicyclic) bond motifs is 5. The summed E-state index contributed by atoms with van der Waals surface area (Å²) >= 11 is 0. The fourth-order valence-corrected chi connectivity index (χ4v) is 4.79. The van der Waals surface area contributed by atoms with Crippen LogP contribution in [0.5, 0.6) is 0 Å². The van der Waals surface area contributed by atoms with Crippen LogP contribution in [0.25, 0.3) is 10.9 Å². The molecule has 0 radical (unpaired) electrons. The number of hydrogen-bond acceptors (Lipinski definition) is 3. The van der Waals surface area contributed by atoms with E-state index in [-0.39, 0.29) is 5.97 Å². The monoisotopic (exact) mass is 326 g/mol.